The van der Waals surface area contributed by atoms with E-state index in [2.05, 4.69) is 18.1 Å². The van der Waals surface area contributed by atoms with Gasteiger partial charge in [0.25, 0.3) is 5.56 Å². The molecular weight excluding hydrogens is 558 g/mol. The molecule has 0 aliphatic carbocycles. The summed E-state index contributed by atoms with van der Waals surface area (Å²) in [5.41, 5.74) is -1.78. The largest absolute Gasteiger partial charge is 0.483 e. The molecule has 0 bridgehead atoms. The van der Waals surface area contributed by atoms with Gasteiger partial charge in [0.05, 0.1) is 6.61 Å². The summed E-state index contributed by atoms with van der Waals surface area (Å²) in [6, 6.07) is 0.910. The van der Waals surface area contributed by atoms with Crippen LogP contribution >= 0.6 is 15.6 Å². The molecule has 9 N–H and O–H groups in total. The van der Waals surface area contributed by atoms with Crippen LogP contribution in [0.1, 0.15) is 6.23 Å². The van der Waals surface area contributed by atoms with Gasteiger partial charge in [-0.3, -0.25) is 23.4 Å². The number of phosphoric acid groups is 2. The van der Waals surface area contributed by atoms with Gasteiger partial charge in [0.15, 0.2) is 18.6 Å². The lowest BCUT2D eigenvalue weighted by molar-refractivity contribution is -0.274. The van der Waals surface area contributed by atoms with E-state index in [1.165, 1.54) is 0 Å². The summed E-state index contributed by atoms with van der Waals surface area (Å²) in [6.07, 6.45) is -17.2. The predicted molar refractivity (Wildman–Crippen MR) is 109 cm³/mol. The van der Waals surface area contributed by atoms with Crippen molar-refractivity contribution in [3.63, 3.8) is 0 Å². The number of aromatic amines is 1. The molecule has 2 aliphatic rings. The number of carbonyl (C=O) groups is 1. The van der Waals surface area contributed by atoms with Gasteiger partial charge in [-0.05, 0) is 0 Å². The number of hydrogen-bond acceptors (Lipinski definition) is 15. The Morgan fingerprint density at radius 3 is 2.22 bits per heavy atom. The van der Waals surface area contributed by atoms with Crippen LogP contribution in [0, 0.1) is 0 Å². The average molecular weight is 580 g/mol. The predicted octanol–water partition coefficient (Wildman–Crippen LogP) is -4.70. The minimum atomic E-state index is -5.72. The summed E-state index contributed by atoms with van der Waals surface area (Å²) in [6.45, 7) is -1.07. The molecule has 11 atom stereocenters. The number of aliphatic carboxylic acids is 1. The van der Waals surface area contributed by atoms with Crippen LogP contribution in [-0.4, -0.2) is 112 Å². The average Bonchev–Trinajstić information content (AvgIpc) is 3.05. The number of aliphatic hydroxyl groups is 5. The summed E-state index contributed by atoms with van der Waals surface area (Å²) in [5.74, 6) is -1.85. The zero-order valence-corrected chi connectivity index (χ0v) is 19.8. The fraction of sp³-hybridized carbons (Fsp3) is 0.667. The first kappa shape index (κ1) is 29.7. The number of carboxylic acid groups (broad SMARTS) is 1. The number of rotatable bonds is 9. The molecule has 0 aromatic carbocycles. The lowest BCUT2D eigenvalue weighted by Gasteiger charge is -2.38. The van der Waals surface area contributed by atoms with Crippen molar-refractivity contribution in [2.75, 3.05) is 6.61 Å². The van der Waals surface area contributed by atoms with Gasteiger partial charge in [-0.1, -0.05) is 0 Å². The van der Waals surface area contributed by atoms with Crippen LogP contribution in [0.5, 0.6) is 0 Å². The van der Waals surface area contributed by atoms with Crippen molar-refractivity contribution in [1.29, 1.82) is 0 Å². The maximum Gasteiger partial charge on any atom is 0.483 e. The van der Waals surface area contributed by atoms with Crippen LogP contribution < -0.4 is 11.2 Å². The van der Waals surface area contributed by atoms with Gasteiger partial charge >= 0.3 is 27.3 Å². The molecule has 0 amide bonds. The van der Waals surface area contributed by atoms with E-state index in [1.54, 1.807) is 0 Å². The standard InChI is InChI=1S/C15H22N2O18P2/c18-5-1-2-17(15(26)16-5)12-9(22)6(19)4(32-12)3-31-36(27,28)35-37(29,30)34-14-10(23)7(20)8(21)11(33-14)13(24)25/h1-2,4,6-12,14,19-23H,3H2,(H,24,25)(H,27,28)(H,29,30)(H,16,18,26). The fourth-order valence-electron chi connectivity index (χ4n) is 3.34. The highest BCUT2D eigenvalue weighted by molar-refractivity contribution is 7.61. The Kier molecular flexibility index (Phi) is 8.89. The van der Waals surface area contributed by atoms with Gasteiger partial charge < -0.3 is 49.9 Å². The quantitative estimate of drug-likeness (QED) is 0.124. The second kappa shape index (κ2) is 11.1. The van der Waals surface area contributed by atoms with Gasteiger partial charge in [0, 0.05) is 12.3 Å². The third kappa shape index (κ3) is 6.77. The molecular formula is C15H22N2O18P2. The maximum atomic E-state index is 12.2. The van der Waals surface area contributed by atoms with Crippen LogP contribution in [0.25, 0.3) is 0 Å². The lowest BCUT2D eigenvalue weighted by Crippen LogP contribution is -2.60. The molecule has 210 valence electrons. The van der Waals surface area contributed by atoms with Gasteiger partial charge in [0.1, 0.15) is 36.6 Å². The van der Waals surface area contributed by atoms with E-state index in [4.69, 9.17) is 9.84 Å². The number of aliphatic hydroxyl groups excluding tert-OH is 5. The molecule has 3 heterocycles. The number of aromatic nitrogens is 2. The number of hydrogen-bond donors (Lipinski definition) is 9. The lowest BCUT2D eigenvalue weighted by atomic mass is 9.99. The Balaban J connectivity index is 1.63. The minimum absolute atomic E-state index is 0.700. The molecule has 1 aromatic heterocycles. The monoisotopic (exact) mass is 580 g/mol. The van der Waals surface area contributed by atoms with E-state index in [-0.39, 0.29) is 0 Å². The molecule has 11 unspecified atom stereocenters. The number of nitrogens with one attached hydrogen (secondary N) is 1. The topological polar surface area (TPSA) is 314 Å². The third-order valence-electron chi connectivity index (χ3n) is 5.12. The van der Waals surface area contributed by atoms with Crippen molar-refractivity contribution in [1.82, 2.24) is 9.55 Å². The zero-order valence-electron chi connectivity index (χ0n) is 18.1. The Morgan fingerprint density at radius 1 is 0.973 bits per heavy atom. The van der Waals surface area contributed by atoms with Gasteiger partial charge in [0.2, 0.25) is 0 Å². The second-order valence-corrected chi connectivity index (χ2v) is 10.7. The van der Waals surface area contributed by atoms with Crippen molar-refractivity contribution < 1.29 is 77.2 Å². The Bertz CT molecular complexity index is 1200. The summed E-state index contributed by atoms with van der Waals surface area (Å²) in [7, 11) is -11.3. The molecule has 1 aromatic rings. The Hall–Kier alpha value is -1.87. The van der Waals surface area contributed by atoms with E-state index in [0.29, 0.717) is 4.57 Å². The zero-order chi connectivity index (χ0) is 27.9. The van der Waals surface area contributed by atoms with E-state index in [0.717, 1.165) is 12.3 Å². The molecule has 0 radical (unpaired) electrons. The summed E-state index contributed by atoms with van der Waals surface area (Å²) >= 11 is 0. The number of phosphoric ester groups is 2. The van der Waals surface area contributed by atoms with Crippen LogP contribution in [-0.2, 0) is 36.8 Å². The molecule has 2 aliphatic heterocycles. The van der Waals surface area contributed by atoms with E-state index >= 15 is 0 Å². The van der Waals surface area contributed by atoms with Crippen LogP contribution in [0.15, 0.2) is 21.9 Å². The molecule has 22 heteroatoms. The van der Waals surface area contributed by atoms with E-state index in [1.807, 2.05) is 4.98 Å². The normalized spacial score (nSPS) is 37.5. The summed E-state index contributed by atoms with van der Waals surface area (Å²) < 4.78 is 47.6. The number of ether oxygens (including phenoxy) is 2. The highest BCUT2D eigenvalue weighted by Crippen LogP contribution is 2.61. The van der Waals surface area contributed by atoms with Crippen molar-refractivity contribution >= 4 is 21.6 Å². The van der Waals surface area contributed by atoms with Crippen LogP contribution in [0.4, 0.5) is 0 Å². The molecule has 0 spiro atoms. The SMILES string of the molecule is O=C(O)C1OC(OP(=O)(O)OP(=O)(O)OCC2OC(n3ccc(=O)[nH]c3=O)C(O)C2O)C(O)C(O)C1O. The number of nitrogens with zero attached hydrogens (tertiary/aromatic N) is 1. The van der Waals surface area contributed by atoms with Crippen molar-refractivity contribution in [2.24, 2.45) is 0 Å². The summed E-state index contributed by atoms with van der Waals surface area (Å²) in [4.78, 5) is 55.5. The Morgan fingerprint density at radius 2 is 1.62 bits per heavy atom. The first-order chi connectivity index (χ1) is 17.0. The van der Waals surface area contributed by atoms with Crippen LogP contribution in [0.3, 0.4) is 0 Å². The van der Waals surface area contributed by atoms with Crippen LogP contribution in [0.2, 0.25) is 0 Å². The van der Waals surface area contributed by atoms with Crippen molar-refractivity contribution in [3.8, 4) is 0 Å². The number of carboxylic acids is 1. The molecule has 20 nitrogen and oxygen atoms in total. The van der Waals surface area contributed by atoms with Gasteiger partial charge in [-0.2, -0.15) is 4.31 Å². The Labute approximate surface area is 204 Å². The highest BCUT2D eigenvalue weighted by Gasteiger charge is 2.51. The highest BCUT2D eigenvalue weighted by atomic mass is 31.3. The summed E-state index contributed by atoms with van der Waals surface area (Å²) in [5, 5.41) is 58.3. The molecule has 2 fully saturated rings. The van der Waals surface area contributed by atoms with Crippen molar-refractivity contribution in [3.05, 3.63) is 33.1 Å². The van der Waals surface area contributed by atoms with Gasteiger partial charge in [-0.25, -0.2) is 18.7 Å². The smallest absolute Gasteiger partial charge is 0.479 e. The second-order valence-electron chi connectivity index (χ2n) is 7.72. The minimum Gasteiger partial charge on any atom is -0.479 e. The van der Waals surface area contributed by atoms with Gasteiger partial charge in [-0.15, -0.1) is 0 Å². The number of H-pyrrole nitrogens is 1. The maximum absolute atomic E-state index is 12.2. The molecule has 37 heavy (non-hydrogen) atoms. The first-order valence-electron chi connectivity index (χ1n) is 9.98. The molecule has 2 saturated heterocycles. The van der Waals surface area contributed by atoms with Crippen molar-refractivity contribution in [2.45, 2.75) is 55.2 Å². The molecule has 0 saturated carbocycles. The fourth-order valence-corrected chi connectivity index (χ4v) is 5.49. The van der Waals surface area contributed by atoms with E-state index < -0.39 is 94.7 Å². The first-order valence-corrected chi connectivity index (χ1v) is 13.0. The van der Waals surface area contributed by atoms with E-state index in [9.17, 15) is 58.8 Å². The third-order valence-corrected chi connectivity index (χ3v) is 7.72. The molecule has 3 rings (SSSR count).